The molecule has 106 valence electrons. The molecule has 0 aliphatic heterocycles. The number of nitrogens with zero attached hydrogens (tertiary/aromatic N) is 1. The van der Waals surface area contributed by atoms with E-state index in [1.54, 1.807) is 29.8 Å². The van der Waals surface area contributed by atoms with Crippen LogP contribution < -0.4 is 5.56 Å². The molecule has 0 aliphatic carbocycles. The molecular weight excluding hydrogens is 330 g/mol. The van der Waals surface area contributed by atoms with Gasteiger partial charge in [0, 0.05) is 23.4 Å². The first-order valence-electron chi connectivity index (χ1n) is 6.58. The number of hydrogen-bond donors (Lipinski definition) is 1. The highest BCUT2D eigenvalue weighted by molar-refractivity contribution is 9.10. The Morgan fingerprint density at radius 2 is 1.81 bits per heavy atom. The molecule has 0 bridgehead atoms. The first kappa shape index (κ1) is 13.9. The Kier molecular flexibility index (Phi) is 3.33. The van der Waals surface area contributed by atoms with Crippen molar-refractivity contribution in [1.29, 1.82) is 0 Å². The fourth-order valence-electron chi connectivity index (χ4n) is 2.56. The number of aromatic hydroxyl groups is 1. The molecule has 0 aliphatic rings. The van der Waals surface area contributed by atoms with E-state index in [0.29, 0.717) is 16.6 Å². The van der Waals surface area contributed by atoms with E-state index in [2.05, 4.69) is 15.9 Å². The van der Waals surface area contributed by atoms with Crippen LogP contribution in [-0.2, 0) is 7.05 Å². The predicted octanol–water partition coefficient (Wildman–Crippen LogP) is 3.98. The highest BCUT2D eigenvalue weighted by Gasteiger charge is 2.16. The Hall–Kier alpha value is -2.07. The zero-order valence-corrected chi connectivity index (χ0v) is 13.3. The summed E-state index contributed by atoms with van der Waals surface area (Å²) in [6.07, 6.45) is 0. The van der Waals surface area contributed by atoms with Crippen LogP contribution in [0.5, 0.6) is 5.75 Å². The van der Waals surface area contributed by atoms with Gasteiger partial charge >= 0.3 is 0 Å². The first-order valence-corrected chi connectivity index (χ1v) is 7.37. The van der Waals surface area contributed by atoms with Gasteiger partial charge in [0.1, 0.15) is 5.75 Å². The van der Waals surface area contributed by atoms with Crippen LogP contribution in [0, 0.1) is 6.92 Å². The number of benzene rings is 2. The Labute approximate surface area is 130 Å². The summed E-state index contributed by atoms with van der Waals surface area (Å²) < 4.78 is 2.38. The van der Waals surface area contributed by atoms with Crippen molar-refractivity contribution in [3.63, 3.8) is 0 Å². The second-order valence-corrected chi connectivity index (χ2v) is 5.89. The quantitative estimate of drug-likeness (QED) is 0.726. The van der Waals surface area contributed by atoms with Crippen molar-refractivity contribution in [2.24, 2.45) is 7.05 Å². The van der Waals surface area contributed by atoms with Gasteiger partial charge in [0.25, 0.3) is 5.56 Å². The van der Waals surface area contributed by atoms with Crippen molar-refractivity contribution < 1.29 is 5.11 Å². The number of fused-ring (bicyclic) bond motifs is 1. The number of aromatic nitrogens is 1. The monoisotopic (exact) mass is 343 g/mol. The summed E-state index contributed by atoms with van der Waals surface area (Å²) in [4.78, 5) is 12.6. The van der Waals surface area contributed by atoms with Gasteiger partial charge in [-0.15, -0.1) is 0 Å². The topological polar surface area (TPSA) is 42.2 Å². The Morgan fingerprint density at radius 3 is 2.52 bits per heavy atom. The molecule has 0 radical (unpaired) electrons. The van der Waals surface area contributed by atoms with Gasteiger partial charge < -0.3 is 9.67 Å². The van der Waals surface area contributed by atoms with Gasteiger partial charge in [-0.3, -0.25) is 4.79 Å². The van der Waals surface area contributed by atoms with Crippen molar-refractivity contribution >= 4 is 26.7 Å². The maximum atomic E-state index is 12.6. The van der Waals surface area contributed by atoms with Crippen molar-refractivity contribution in [2.45, 2.75) is 6.92 Å². The van der Waals surface area contributed by atoms with E-state index in [-0.39, 0.29) is 11.3 Å². The first-order chi connectivity index (χ1) is 10.0. The molecule has 2 aromatic carbocycles. The number of phenols is 1. The lowest BCUT2D eigenvalue weighted by Crippen LogP contribution is -2.19. The number of rotatable bonds is 1. The predicted molar refractivity (Wildman–Crippen MR) is 88.7 cm³/mol. The average molecular weight is 344 g/mol. The molecule has 3 aromatic rings. The summed E-state index contributed by atoms with van der Waals surface area (Å²) in [5.41, 5.74) is 2.28. The standard InChI is InChI=1S/C17H14BrNO2/c1-10-7-8-11-13(9-10)17(21)19(2)16(15(11)18)12-5-3-4-6-14(12)20/h3-9,20H,1-2H3. The Balaban J connectivity index is 2.48. The number of hydrogen-bond acceptors (Lipinski definition) is 2. The minimum Gasteiger partial charge on any atom is -0.507 e. The summed E-state index contributed by atoms with van der Waals surface area (Å²) in [6.45, 7) is 1.96. The van der Waals surface area contributed by atoms with Gasteiger partial charge in [-0.05, 0) is 41.1 Å². The van der Waals surface area contributed by atoms with Crippen molar-refractivity contribution in [3.05, 3.63) is 62.9 Å². The average Bonchev–Trinajstić information content (AvgIpc) is 2.47. The fourth-order valence-corrected chi connectivity index (χ4v) is 3.38. The largest absolute Gasteiger partial charge is 0.507 e. The molecule has 0 atom stereocenters. The Bertz CT molecular complexity index is 913. The third kappa shape index (κ3) is 2.16. The second kappa shape index (κ2) is 5.04. The number of halogens is 1. The van der Waals surface area contributed by atoms with Gasteiger partial charge in [-0.1, -0.05) is 29.8 Å². The van der Waals surface area contributed by atoms with Gasteiger partial charge in [-0.25, -0.2) is 0 Å². The number of aryl methyl sites for hydroxylation is 1. The molecule has 0 fully saturated rings. The summed E-state index contributed by atoms with van der Waals surface area (Å²) >= 11 is 3.59. The lowest BCUT2D eigenvalue weighted by atomic mass is 10.0. The zero-order chi connectivity index (χ0) is 15.1. The summed E-state index contributed by atoms with van der Waals surface area (Å²) in [6, 6.07) is 12.8. The van der Waals surface area contributed by atoms with Crippen LogP contribution in [0.3, 0.4) is 0 Å². The number of para-hydroxylation sites is 1. The van der Waals surface area contributed by atoms with Crippen LogP contribution in [0.4, 0.5) is 0 Å². The maximum absolute atomic E-state index is 12.6. The van der Waals surface area contributed by atoms with Crippen molar-refractivity contribution in [3.8, 4) is 17.0 Å². The van der Waals surface area contributed by atoms with Gasteiger partial charge in [0.2, 0.25) is 0 Å². The number of phenolic OH excluding ortho intramolecular Hbond substituents is 1. The van der Waals surface area contributed by atoms with E-state index >= 15 is 0 Å². The molecule has 0 saturated carbocycles. The van der Waals surface area contributed by atoms with E-state index < -0.39 is 0 Å². The Morgan fingerprint density at radius 1 is 1.10 bits per heavy atom. The van der Waals surface area contributed by atoms with Gasteiger partial charge in [0.05, 0.1) is 10.2 Å². The highest BCUT2D eigenvalue weighted by atomic mass is 79.9. The molecule has 3 rings (SSSR count). The van der Waals surface area contributed by atoms with E-state index in [1.807, 2.05) is 31.2 Å². The smallest absolute Gasteiger partial charge is 0.258 e. The molecule has 0 amide bonds. The third-order valence-electron chi connectivity index (χ3n) is 3.65. The lowest BCUT2D eigenvalue weighted by Gasteiger charge is -2.15. The molecular formula is C17H14BrNO2. The van der Waals surface area contributed by atoms with Crippen molar-refractivity contribution in [2.75, 3.05) is 0 Å². The molecule has 1 aromatic heterocycles. The summed E-state index contributed by atoms with van der Waals surface area (Å²) in [5.74, 6) is 0.152. The second-order valence-electron chi connectivity index (χ2n) is 5.09. The van der Waals surface area contributed by atoms with Crippen LogP contribution in [0.15, 0.2) is 51.7 Å². The minimum absolute atomic E-state index is 0.0739. The molecule has 1 heterocycles. The number of pyridine rings is 1. The van der Waals surface area contributed by atoms with Crippen LogP contribution in [0.1, 0.15) is 5.56 Å². The van der Waals surface area contributed by atoms with E-state index in [9.17, 15) is 9.90 Å². The van der Waals surface area contributed by atoms with E-state index in [4.69, 9.17) is 0 Å². The molecule has 4 heteroatoms. The molecule has 0 saturated heterocycles. The summed E-state index contributed by atoms with van der Waals surface area (Å²) in [5, 5.41) is 11.6. The van der Waals surface area contributed by atoms with Crippen LogP contribution >= 0.6 is 15.9 Å². The van der Waals surface area contributed by atoms with E-state index in [1.165, 1.54) is 0 Å². The van der Waals surface area contributed by atoms with Crippen LogP contribution in [0.2, 0.25) is 0 Å². The third-order valence-corrected chi connectivity index (χ3v) is 4.45. The van der Waals surface area contributed by atoms with E-state index in [0.717, 1.165) is 15.4 Å². The molecule has 0 unspecified atom stereocenters. The van der Waals surface area contributed by atoms with Crippen LogP contribution in [0.25, 0.3) is 22.0 Å². The molecule has 21 heavy (non-hydrogen) atoms. The highest BCUT2D eigenvalue weighted by Crippen LogP contribution is 2.36. The zero-order valence-electron chi connectivity index (χ0n) is 11.7. The van der Waals surface area contributed by atoms with Crippen molar-refractivity contribution in [1.82, 2.24) is 4.57 Å². The molecule has 1 N–H and O–H groups in total. The minimum atomic E-state index is -0.0739. The molecule has 0 spiro atoms. The lowest BCUT2D eigenvalue weighted by molar-refractivity contribution is 0.476. The maximum Gasteiger partial charge on any atom is 0.258 e. The fraction of sp³-hybridized carbons (Fsp3) is 0.118. The van der Waals surface area contributed by atoms with Gasteiger partial charge in [-0.2, -0.15) is 0 Å². The summed E-state index contributed by atoms with van der Waals surface area (Å²) in [7, 11) is 1.72. The normalized spacial score (nSPS) is 11.0. The van der Waals surface area contributed by atoms with Gasteiger partial charge in [0.15, 0.2) is 0 Å². The SMILES string of the molecule is Cc1ccc2c(Br)c(-c3ccccc3O)n(C)c(=O)c2c1. The molecule has 3 nitrogen and oxygen atoms in total. The van der Waals surface area contributed by atoms with Crippen LogP contribution in [-0.4, -0.2) is 9.67 Å².